The van der Waals surface area contributed by atoms with E-state index in [9.17, 15) is 14.7 Å². The average molecular weight is 511 g/mol. The van der Waals surface area contributed by atoms with Crippen LogP contribution in [0.1, 0.15) is 60.0 Å². The maximum absolute atomic E-state index is 13.3. The predicted octanol–water partition coefficient (Wildman–Crippen LogP) is 6.08. The smallest absolute Gasteiger partial charge is 0.305 e. The molecule has 1 aliphatic carbocycles. The Morgan fingerprint density at radius 3 is 2.47 bits per heavy atom. The Kier molecular flexibility index (Phi) is 7.73. The van der Waals surface area contributed by atoms with E-state index >= 15 is 0 Å². The zero-order chi connectivity index (χ0) is 26.5. The molecule has 0 bridgehead atoms. The lowest BCUT2D eigenvalue weighted by Crippen LogP contribution is -2.42. The van der Waals surface area contributed by atoms with E-state index in [0.29, 0.717) is 17.8 Å². The van der Waals surface area contributed by atoms with Crippen LogP contribution in [0.25, 0.3) is 16.9 Å². The average Bonchev–Trinajstić information content (AvgIpc) is 3.30. The summed E-state index contributed by atoms with van der Waals surface area (Å²) >= 11 is 0. The van der Waals surface area contributed by atoms with Gasteiger partial charge >= 0.3 is 5.97 Å². The number of imidazole rings is 1. The largest absolute Gasteiger partial charge is 0.481 e. The molecule has 5 rings (SSSR count). The second kappa shape index (κ2) is 11.5. The van der Waals surface area contributed by atoms with Crippen molar-refractivity contribution in [1.82, 2.24) is 14.7 Å². The molecule has 1 aliphatic rings. The van der Waals surface area contributed by atoms with Crippen LogP contribution in [-0.2, 0) is 11.3 Å². The second-order valence-corrected chi connectivity index (χ2v) is 10.2. The van der Waals surface area contributed by atoms with Gasteiger partial charge in [0, 0.05) is 29.9 Å². The summed E-state index contributed by atoms with van der Waals surface area (Å²) in [4.78, 5) is 29.7. The van der Waals surface area contributed by atoms with Gasteiger partial charge in [-0.3, -0.25) is 14.0 Å². The van der Waals surface area contributed by atoms with E-state index in [2.05, 4.69) is 54.0 Å². The quantitative estimate of drug-likeness (QED) is 0.254. The first-order valence-electron chi connectivity index (χ1n) is 13.4. The number of carboxylic acids is 1. The van der Waals surface area contributed by atoms with Crippen LogP contribution in [0.15, 0.2) is 72.9 Å². The van der Waals surface area contributed by atoms with E-state index in [1.54, 1.807) is 12.1 Å². The van der Waals surface area contributed by atoms with Gasteiger partial charge in [0.2, 0.25) is 0 Å². The molecule has 0 spiro atoms. The second-order valence-electron chi connectivity index (χ2n) is 10.2. The Balaban J connectivity index is 1.45. The minimum Gasteiger partial charge on any atom is -0.481 e. The third-order valence-corrected chi connectivity index (χ3v) is 7.45. The number of carbonyl (C=O) groups excluding carboxylic acids is 1. The van der Waals surface area contributed by atoms with Crippen molar-refractivity contribution in [2.75, 3.05) is 5.32 Å². The van der Waals surface area contributed by atoms with Crippen molar-refractivity contribution in [3.63, 3.8) is 0 Å². The van der Waals surface area contributed by atoms with Gasteiger partial charge in [-0.15, -0.1) is 0 Å². The van der Waals surface area contributed by atoms with Gasteiger partial charge < -0.3 is 15.7 Å². The highest BCUT2D eigenvalue weighted by molar-refractivity contribution is 5.96. The molecule has 0 aliphatic heterocycles. The van der Waals surface area contributed by atoms with E-state index in [-0.39, 0.29) is 24.3 Å². The van der Waals surface area contributed by atoms with Crippen LogP contribution in [-0.4, -0.2) is 32.4 Å². The fraction of sp³-hybridized carbons (Fsp3) is 0.323. The highest BCUT2D eigenvalue weighted by Crippen LogP contribution is 2.31. The van der Waals surface area contributed by atoms with Crippen LogP contribution < -0.4 is 10.6 Å². The third-order valence-electron chi connectivity index (χ3n) is 7.45. The molecule has 2 heterocycles. The van der Waals surface area contributed by atoms with Gasteiger partial charge in [0.25, 0.3) is 5.91 Å². The van der Waals surface area contributed by atoms with E-state index in [0.717, 1.165) is 48.3 Å². The number of nitrogens with zero attached hydrogens (tertiary/aromatic N) is 2. The monoisotopic (exact) mass is 510 g/mol. The first-order chi connectivity index (χ1) is 18.5. The summed E-state index contributed by atoms with van der Waals surface area (Å²) in [5.74, 6) is -0.101. The lowest BCUT2D eigenvalue weighted by atomic mass is 9.82. The molecule has 1 fully saturated rings. The molecular formula is C31H34N4O3. The number of hydrogen-bond acceptors (Lipinski definition) is 4. The summed E-state index contributed by atoms with van der Waals surface area (Å²) in [7, 11) is 0. The molecule has 7 heteroatoms. The van der Waals surface area contributed by atoms with Crippen molar-refractivity contribution in [2.45, 2.75) is 58.0 Å². The van der Waals surface area contributed by atoms with E-state index < -0.39 is 5.97 Å². The van der Waals surface area contributed by atoms with Crippen molar-refractivity contribution in [3.05, 3.63) is 89.6 Å². The molecule has 1 atom stereocenters. The molecule has 3 N–H and O–H groups in total. The molecule has 196 valence electrons. The van der Waals surface area contributed by atoms with Gasteiger partial charge in [0.05, 0.1) is 6.42 Å². The normalized spacial score (nSPS) is 14.8. The Labute approximate surface area is 222 Å². The van der Waals surface area contributed by atoms with Crippen molar-refractivity contribution in [3.8, 4) is 11.3 Å². The molecule has 1 unspecified atom stereocenters. The van der Waals surface area contributed by atoms with Crippen LogP contribution in [0.2, 0.25) is 0 Å². The molecule has 2 aromatic heterocycles. The zero-order valence-corrected chi connectivity index (χ0v) is 21.7. The minimum absolute atomic E-state index is 0.0623. The van der Waals surface area contributed by atoms with Crippen LogP contribution in [0.5, 0.6) is 0 Å². The number of hydrogen-bond donors (Lipinski definition) is 3. The Morgan fingerprint density at radius 1 is 1.03 bits per heavy atom. The number of rotatable bonds is 9. The fourth-order valence-electron chi connectivity index (χ4n) is 5.36. The van der Waals surface area contributed by atoms with Crippen LogP contribution >= 0.6 is 0 Å². The number of aliphatic carboxylic acids is 1. The number of carboxylic acid groups (broad SMARTS) is 1. The maximum Gasteiger partial charge on any atom is 0.305 e. The fourth-order valence-corrected chi connectivity index (χ4v) is 5.36. The van der Waals surface area contributed by atoms with Gasteiger partial charge in [0.15, 0.2) is 0 Å². The summed E-state index contributed by atoms with van der Waals surface area (Å²) in [6.07, 6.45) is 7.03. The number of carbonyl (C=O) groups is 2. The van der Waals surface area contributed by atoms with E-state index in [1.807, 2.05) is 28.8 Å². The third kappa shape index (κ3) is 5.88. The molecular weight excluding hydrogens is 476 g/mol. The van der Waals surface area contributed by atoms with Crippen LogP contribution in [0.3, 0.4) is 0 Å². The van der Waals surface area contributed by atoms with Crippen molar-refractivity contribution in [2.24, 2.45) is 5.92 Å². The number of nitrogens with one attached hydrogen (secondary N) is 2. The highest BCUT2D eigenvalue weighted by Gasteiger charge is 2.28. The SMILES string of the molecule is Cc1ccc(-c2nc3cc(C(=O)NC(CC(=O)O)C4CCCCC4)ccn3c2NCc2ccccc2)cc1. The van der Waals surface area contributed by atoms with Crippen molar-refractivity contribution < 1.29 is 14.7 Å². The first kappa shape index (κ1) is 25.5. The summed E-state index contributed by atoms with van der Waals surface area (Å²) in [5.41, 5.74) is 5.24. The highest BCUT2D eigenvalue weighted by atomic mass is 16.4. The van der Waals surface area contributed by atoms with Gasteiger partial charge in [-0.1, -0.05) is 79.4 Å². The van der Waals surface area contributed by atoms with E-state index in [1.165, 1.54) is 12.0 Å². The summed E-state index contributed by atoms with van der Waals surface area (Å²) in [5, 5.41) is 16.0. The topological polar surface area (TPSA) is 95.7 Å². The Morgan fingerprint density at radius 2 is 1.76 bits per heavy atom. The summed E-state index contributed by atoms with van der Waals surface area (Å²) < 4.78 is 1.96. The number of anilines is 1. The number of benzene rings is 2. The maximum atomic E-state index is 13.3. The number of aryl methyl sites for hydroxylation is 1. The minimum atomic E-state index is -0.888. The lowest BCUT2D eigenvalue weighted by molar-refractivity contribution is -0.137. The molecule has 7 nitrogen and oxygen atoms in total. The van der Waals surface area contributed by atoms with Crippen LogP contribution in [0.4, 0.5) is 5.82 Å². The molecule has 0 radical (unpaired) electrons. The molecule has 38 heavy (non-hydrogen) atoms. The van der Waals surface area contributed by atoms with Gasteiger partial charge in [0.1, 0.15) is 17.2 Å². The Bertz CT molecular complexity index is 1410. The Hall–Kier alpha value is -4.13. The van der Waals surface area contributed by atoms with Crippen molar-refractivity contribution in [1.29, 1.82) is 0 Å². The number of aromatic nitrogens is 2. The molecule has 4 aromatic rings. The lowest BCUT2D eigenvalue weighted by Gasteiger charge is -2.30. The molecule has 1 amide bonds. The molecule has 0 saturated heterocycles. The van der Waals surface area contributed by atoms with E-state index in [4.69, 9.17) is 4.98 Å². The predicted molar refractivity (Wildman–Crippen MR) is 149 cm³/mol. The number of fused-ring (bicyclic) bond motifs is 1. The van der Waals surface area contributed by atoms with Crippen molar-refractivity contribution >= 4 is 23.3 Å². The summed E-state index contributed by atoms with van der Waals surface area (Å²) in [6, 6.07) is 21.6. The molecule has 1 saturated carbocycles. The van der Waals surface area contributed by atoms with Crippen LogP contribution in [0, 0.1) is 12.8 Å². The van der Waals surface area contributed by atoms with Gasteiger partial charge in [-0.25, -0.2) is 4.98 Å². The number of amides is 1. The van der Waals surface area contributed by atoms with Gasteiger partial charge in [-0.05, 0) is 43.4 Å². The molecule has 2 aromatic carbocycles. The summed E-state index contributed by atoms with van der Waals surface area (Å²) in [6.45, 7) is 2.69. The first-order valence-corrected chi connectivity index (χ1v) is 13.4. The number of pyridine rings is 1. The standard InChI is InChI=1S/C31H34N4O3/c1-21-12-14-24(15-13-21)29-30(32-20-22-8-4-2-5-9-22)35-17-16-25(18-27(35)34-29)31(38)33-26(19-28(36)37)23-10-6-3-7-11-23/h2,4-5,8-9,12-18,23,26,32H,3,6-7,10-11,19-20H2,1H3,(H,33,38)(H,36,37). The zero-order valence-electron chi connectivity index (χ0n) is 21.7. The van der Waals surface area contributed by atoms with Gasteiger partial charge in [-0.2, -0.15) is 0 Å².